The van der Waals surface area contributed by atoms with Crippen LogP contribution < -0.4 is 16.0 Å². The number of nitrogens with two attached hydrogens (primary N) is 1. The molecule has 0 aliphatic carbocycles. The van der Waals surface area contributed by atoms with Crippen LogP contribution in [-0.2, 0) is 6.42 Å². The number of aromatic hydroxyl groups is 1. The van der Waals surface area contributed by atoms with Gasteiger partial charge in [-0.3, -0.25) is 0 Å². The predicted octanol–water partition coefficient (Wildman–Crippen LogP) is 0.714. The number of ether oxygens (including phenoxy) is 1. The van der Waals surface area contributed by atoms with Gasteiger partial charge in [0.2, 0.25) is 0 Å². The van der Waals surface area contributed by atoms with Crippen molar-refractivity contribution >= 4 is 12.2 Å². The smallest absolute Gasteiger partial charge is 0.263 e. The summed E-state index contributed by atoms with van der Waals surface area (Å²) in [5.41, 5.74) is 3.45. The molecule has 0 fully saturated rings. The molecule has 1 aromatic heterocycles. The molecule has 0 amide bonds. The van der Waals surface area contributed by atoms with E-state index in [1.165, 1.54) is 17.9 Å². The Morgan fingerprint density at radius 1 is 1.50 bits per heavy atom. The highest BCUT2D eigenvalue weighted by Crippen LogP contribution is 2.25. The average molecular weight is 276 g/mol. The van der Waals surface area contributed by atoms with Gasteiger partial charge in [-0.25, -0.2) is 10.1 Å². The summed E-state index contributed by atoms with van der Waals surface area (Å²) in [6.45, 7) is 1.93. The van der Waals surface area contributed by atoms with Gasteiger partial charge < -0.3 is 15.7 Å². The Morgan fingerprint density at radius 3 is 2.95 bits per heavy atom. The van der Waals surface area contributed by atoms with Crippen molar-refractivity contribution in [2.45, 2.75) is 13.3 Å². The van der Waals surface area contributed by atoms with E-state index in [0.29, 0.717) is 23.9 Å². The second-order valence-electron chi connectivity index (χ2n) is 3.96. The van der Waals surface area contributed by atoms with Crippen molar-refractivity contribution in [2.75, 3.05) is 18.4 Å². The zero-order valence-corrected chi connectivity index (χ0v) is 11.2. The summed E-state index contributed by atoms with van der Waals surface area (Å²) in [5, 5.41) is 21.3. The van der Waals surface area contributed by atoms with E-state index in [4.69, 9.17) is 10.6 Å². The van der Waals surface area contributed by atoms with E-state index in [-0.39, 0.29) is 5.75 Å². The Labute approximate surface area is 115 Å². The first-order valence-corrected chi connectivity index (χ1v) is 6.01. The van der Waals surface area contributed by atoms with E-state index in [1.807, 2.05) is 6.92 Å². The van der Waals surface area contributed by atoms with E-state index in [0.717, 1.165) is 5.56 Å². The normalized spacial score (nSPS) is 10.9. The van der Waals surface area contributed by atoms with Crippen LogP contribution >= 0.6 is 0 Å². The Hall–Kier alpha value is -2.77. The first kappa shape index (κ1) is 13.7. The first-order valence-electron chi connectivity index (χ1n) is 6.01. The highest BCUT2D eigenvalue weighted by Gasteiger charge is 2.06. The maximum absolute atomic E-state index is 9.48. The van der Waals surface area contributed by atoms with Gasteiger partial charge in [0.15, 0.2) is 17.3 Å². The number of hydrazone groups is 1. The molecule has 1 aromatic carbocycles. The molecule has 0 saturated carbocycles. The van der Waals surface area contributed by atoms with Crippen molar-refractivity contribution in [1.82, 2.24) is 14.9 Å². The molecule has 8 nitrogen and oxygen atoms in total. The number of phenols is 1. The maximum Gasteiger partial charge on any atom is 0.263 e. The number of aromatic nitrogens is 3. The number of hydrogen-bond donors (Lipinski definition) is 3. The summed E-state index contributed by atoms with van der Waals surface area (Å²) in [6.07, 6.45) is 2.24. The molecule has 0 spiro atoms. The SMILES string of the molecule is CCc1nnc(N/N=C\c2ccc(O)c(OC)c2)n1N. The zero-order chi connectivity index (χ0) is 14.5. The van der Waals surface area contributed by atoms with Crippen molar-refractivity contribution < 1.29 is 9.84 Å². The number of methoxy groups -OCH3 is 1. The molecule has 1 heterocycles. The molecule has 0 saturated heterocycles. The molecule has 8 heteroatoms. The number of benzene rings is 1. The molecule has 0 bridgehead atoms. The summed E-state index contributed by atoms with van der Waals surface area (Å²) in [4.78, 5) is 0. The fraction of sp³-hybridized carbons (Fsp3) is 0.250. The molecule has 0 atom stereocenters. The summed E-state index contributed by atoms with van der Waals surface area (Å²) >= 11 is 0. The minimum Gasteiger partial charge on any atom is -0.504 e. The number of aryl methyl sites for hydroxylation is 1. The molecule has 0 aliphatic heterocycles. The van der Waals surface area contributed by atoms with Crippen molar-refractivity contribution in [2.24, 2.45) is 5.10 Å². The third-order valence-electron chi connectivity index (χ3n) is 2.66. The van der Waals surface area contributed by atoms with Crippen molar-refractivity contribution in [3.05, 3.63) is 29.6 Å². The van der Waals surface area contributed by atoms with Gasteiger partial charge in [-0.15, -0.1) is 10.2 Å². The van der Waals surface area contributed by atoms with Gasteiger partial charge in [-0.1, -0.05) is 6.92 Å². The lowest BCUT2D eigenvalue weighted by atomic mass is 10.2. The average Bonchev–Trinajstić information content (AvgIpc) is 2.81. The molecule has 106 valence electrons. The number of nitrogens with zero attached hydrogens (tertiary/aromatic N) is 4. The highest BCUT2D eigenvalue weighted by atomic mass is 16.5. The summed E-state index contributed by atoms with van der Waals surface area (Å²) < 4.78 is 6.35. The van der Waals surface area contributed by atoms with Gasteiger partial charge in [-0.05, 0) is 23.8 Å². The largest absolute Gasteiger partial charge is 0.504 e. The molecule has 0 aliphatic rings. The monoisotopic (exact) mass is 276 g/mol. The second kappa shape index (κ2) is 5.91. The van der Waals surface area contributed by atoms with Crippen LogP contribution in [0.1, 0.15) is 18.3 Å². The highest BCUT2D eigenvalue weighted by molar-refractivity contribution is 5.81. The summed E-state index contributed by atoms with van der Waals surface area (Å²) in [7, 11) is 1.48. The van der Waals surface area contributed by atoms with Crippen LogP contribution in [-0.4, -0.2) is 33.3 Å². The molecular weight excluding hydrogens is 260 g/mol. The van der Waals surface area contributed by atoms with Crippen molar-refractivity contribution in [1.29, 1.82) is 0 Å². The molecular formula is C12H16N6O2. The topological polar surface area (TPSA) is 111 Å². The number of phenolic OH excluding ortho intramolecular Hbond substituents is 1. The Morgan fingerprint density at radius 2 is 2.30 bits per heavy atom. The number of nitrogen functional groups attached to an aromatic ring is 1. The minimum absolute atomic E-state index is 0.0758. The Balaban J connectivity index is 2.08. The lowest BCUT2D eigenvalue weighted by Crippen LogP contribution is -2.14. The van der Waals surface area contributed by atoms with Crippen molar-refractivity contribution in [3.8, 4) is 11.5 Å². The van der Waals surface area contributed by atoms with Gasteiger partial charge in [0.05, 0.1) is 13.3 Å². The third-order valence-corrected chi connectivity index (χ3v) is 2.66. The van der Waals surface area contributed by atoms with Gasteiger partial charge >= 0.3 is 0 Å². The number of nitrogens with one attached hydrogen (secondary N) is 1. The van der Waals surface area contributed by atoms with E-state index in [1.54, 1.807) is 18.3 Å². The third kappa shape index (κ3) is 2.79. The standard InChI is InChI=1S/C12H16N6O2/c1-3-11-15-17-12(18(11)13)16-14-7-8-4-5-9(19)10(6-8)20-2/h4-7,19H,3,13H2,1-2H3,(H,16,17)/b14-7-. The van der Waals surface area contributed by atoms with Crippen LogP contribution in [0.3, 0.4) is 0 Å². The quantitative estimate of drug-likeness (QED) is 0.421. The molecule has 0 unspecified atom stereocenters. The first-order chi connectivity index (χ1) is 9.65. The fourth-order valence-corrected chi connectivity index (χ4v) is 1.58. The van der Waals surface area contributed by atoms with Gasteiger partial charge in [0.1, 0.15) is 0 Å². The van der Waals surface area contributed by atoms with Crippen LogP contribution in [0.2, 0.25) is 0 Å². The zero-order valence-electron chi connectivity index (χ0n) is 11.2. The van der Waals surface area contributed by atoms with Crippen LogP contribution in [0.15, 0.2) is 23.3 Å². The maximum atomic E-state index is 9.48. The number of anilines is 1. The van der Waals surface area contributed by atoms with E-state index in [9.17, 15) is 5.11 Å². The van der Waals surface area contributed by atoms with Crippen molar-refractivity contribution in [3.63, 3.8) is 0 Å². The van der Waals surface area contributed by atoms with E-state index < -0.39 is 0 Å². The van der Waals surface area contributed by atoms with Crippen LogP contribution in [0, 0.1) is 0 Å². The molecule has 4 N–H and O–H groups in total. The molecule has 2 aromatic rings. The van der Waals surface area contributed by atoms with Crippen LogP contribution in [0.5, 0.6) is 11.5 Å². The molecule has 0 radical (unpaired) electrons. The second-order valence-corrected chi connectivity index (χ2v) is 3.96. The predicted molar refractivity (Wildman–Crippen MR) is 75.4 cm³/mol. The van der Waals surface area contributed by atoms with Gasteiger partial charge in [-0.2, -0.15) is 5.10 Å². The Kier molecular flexibility index (Phi) is 4.04. The van der Waals surface area contributed by atoms with Crippen LogP contribution in [0.4, 0.5) is 5.95 Å². The Bertz CT molecular complexity index is 622. The van der Waals surface area contributed by atoms with E-state index in [2.05, 4.69) is 20.7 Å². The summed E-state index contributed by atoms with van der Waals surface area (Å²) in [5.74, 6) is 7.23. The van der Waals surface area contributed by atoms with Crippen LogP contribution in [0.25, 0.3) is 0 Å². The molecule has 2 rings (SSSR count). The number of rotatable bonds is 5. The minimum atomic E-state index is 0.0758. The summed E-state index contributed by atoms with van der Waals surface area (Å²) in [6, 6.07) is 4.89. The molecule has 20 heavy (non-hydrogen) atoms. The number of hydrogen-bond acceptors (Lipinski definition) is 7. The van der Waals surface area contributed by atoms with Gasteiger partial charge in [0, 0.05) is 6.42 Å². The lowest BCUT2D eigenvalue weighted by Gasteiger charge is -2.03. The fourth-order valence-electron chi connectivity index (χ4n) is 1.58. The van der Waals surface area contributed by atoms with Gasteiger partial charge in [0.25, 0.3) is 5.95 Å². The lowest BCUT2D eigenvalue weighted by molar-refractivity contribution is 0.373. The van der Waals surface area contributed by atoms with E-state index >= 15 is 0 Å².